The summed E-state index contributed by atoms with van der Waals surface area (Å²) in [7, 11) is 0. The van der Waals surface area contributed by atoms with E-state index in [2.05, 4.69) is 0 Å². The van der Waals surface area contributed by atoms with Crippen molar-refractivity contribution in [1.82, 2.24) is 5.32 Å². The molecule has 0 aliphatic carbocycles. The maximum absolute atomic E-state index is 12.0. The van der Waals surface area contributed by atoms with E-state index in [0.29, 0.717) is 0 Å². The minimum absolute atomic E-state index is 0.256. The summed E-state index contributed by atoms with van der Waals surface area (Å²) in [5.74, 6) is -6.16. The second-order valence-corrected chi connectivity index (χ2v) is 3.16. The third-order valence-corrected chi connectivity index (χ3v) is 1.66. The van der Waals surface area contributed by atoms with E-state index < -0.39 is 30.2 Å². The molecule has 3 nitrogen and oxygen atoms in total. The van der Waals surface area contributed by atoms with Crippen LogP contribution >= 0.6 is 0 Å². The van der Waals surface area contributed by atoms with Crippen molar-refractivity contribution >= 4 is 5.91 Å². The lowest BCUT2D eigenvalue weighted by molar-refractivity contribution is -0.274. The van der Waals surface area contributed by atoms with Crippen LogP contribution in [0.2, 0.25) is 0 Å². The highest BCUT2D eigenvalue weighted by Crippen LogP contribution is 2.39. The van der Waals surface area contributed by atoms with Crippen LogP contribution < -0.4 is 11.1 Å². The first-order chi connectivity index (χ1) is 7.00. The molecular formula is C7H10F6N2O. The summed E-state index contributed by atoms with van der Waals surface area (Å²) in [4.78, 5) is 10.8. The van der Waals surface area contributed by atoms with Crippen LogP contribution in [0.25, 0.3) is 0 Å². The second-order valence-electron chi connectivity index (χ2n) is 3.16. The highest BCUT2D eigenvalue weighted by atomic mass is 19.4. The Morgan fingerprint density at radius 1 is 1.19 bits per heavy atom. The van der Waals surface area contributed by atoms with Gasteiger partial charge in [0.25, 0.3) is 0 Å². The molecule has 0 rings (SSSR count). The average molecular weight is 252 g/mol. The number of hydrogen-bond acceptors (Lipinski definition) is 2. The maximum Gasteiger partial charge on any atom is 0.409 e. The second kappa shape index (κ2) is 4.89. The lowest BCUT2D eigenvalue weighted by atomic mass is 10.1. The van der Waals surface area contributed by atoms with Gasteiger partial charge in [-0.2, -0.15) is 26.3 Å². The number of halogens is 6. The van der Waals surface area contributed by atoms with Crippen LogP contribution in [0.5, 0.6) is 0 Å². The van der Waals surface area contributed by atoms with Gasteiger partial charge >= 0.3 is 12.4 Å². The Labute approximate surface area is 87.0 Å². The number of hydrogen-bond donors (Lipinski definition) is 2. The quantitative estimate of drug-likeness (QED) is 0.741. The third kappa shape index (κ3) is 4.25. The van der Waals surface area contributed by atoms with Gasteiger partial charge in [0.05, 0.1) is 0 Å². The monoisotopic (exact) mass is 252 g/mol. The molecule has 0 spiro atoms. The zero-order chi connectivity index (χ0) is 13.1. The first kappa shape index (κ1) is 15.0. The molecule has 0 aromatic rings. The molecule has 0 fully saturated rings. The molecule has 9 heteroatoms. The van der Waals surface area contributed by atoms with Gasteiger partial charge in [0.2, 0.25) is 11.8 Å². The van der Waals surface area contributed by atoms with Crippen molar-refractivity contribution in [3.05, 3.63) is 0 Å². The fourth-order valence-electron chi connectivity index (χ4n) is 0.868. The Bertz CT molecular complexity index is 234. The van der Waals surface area contributed by atoms with E-state index in [1.54, 1.807) is 0 Å². The number of amides is 1. The van der Waals surface area contributed by atoms with Crippen LogP contribution in [0.4, 0.5) is 26.3 Å². The van der Waals surface area contributed by atoms with E-state index in [-0.39, 0.29) is 6.54 Å². The van der Waals surface area contributed by atoms with Gasteiger partial charge in [0.1, 0.15) is 0 Å². The van der Waals surface area contributed by atoms with Crippen molar-refractivity contribution in [2.45, 2.75) is 25.3 Å². The van der Waals surface area contributed by atoms with Crippen molar-refractivity contribution in [3.63, 3.8) is 0 Å². The van der Waals surface area contributed by atoms with Gasteiger partial charge in [-0.3, -0.25) is 4.79 Å². The Morgan fingerprint density at radius 2 is 1.56 bits per heavy atom. The summed E-state index contributed by atoms with van der Waals surface area (Å²) >= 11 is 0. The minimum Gasteiger partial charge on any atom is -0.352 e. The summed E-state index contributed by atoms with van der Waals surface area (Å²) in [6.45, 7) is 0.940. The number of carbonyl (C=O) groups excluding carboxylic acids is 1. The maximum atomic E-state index is 12.0. The van der Waals surface area contributed by atoms with Crippen molar-refractivity contribution < 1.29 is 31.1 Å². The third-order valence-electron chi connectivity index (χ3n) is 1.66. The topological polar surface area (TPSA) is 55.1 Å². The van der Waals surface area contributed by atoms with Crippen molar-refractivity contribution in [3.8, 4) is 0 Å². The molecule has 0 aromatic heterocycles. The van der Waals surface area contributed by atoms with Crippen LogP contribution in [-0.2, 0) is 4.79 Å². The summed E-state index contributed by atoms with van der Waals surface area (Å²) in [6, 6.07) is -0.959. The molecule has 0 aromatic carbocycles. The van der Waals surface area contributed by atoms with E-state index in [1.165, 1.54) is 12.2 Å². The SMILES string of the molecule is CC(CN)NC(=O)C(C(F)(F)F)C(F)(F)F. The summed E-state index contributed by atoms with van der Waals surface area (Å²) in [5, 5.41) is 1.54. The van der Waals surface area contributed by atoms with Gasteiger partial charge in [-0.05, 0) is 6.92 Å². The highest BCUT2D eigenvalue weighted by Gasteiger charge is 2.61. The van der Waals surface area contributed by atoms with Gasteiger partial charge in [-0.1, -0.05) is 0 Å². The Kier molecular flexibility index (Phi) is 4.59. The smallest absolute Gasteiger partial charge is 0.352 e. The molecule has 1 atom stereocenters. The normalized spacial score (nSPS) is 15.1. The molecule has 3 N–H and O–H groups in total. The number of carbonyl (C=O) groups is 1. The van der Waals surface area contributed by atoms with Gasteiger partial charge in [-0.15, -0.1) is 0 Å². The minimum atomic E-state index is -5.67. The Balaban J connectivity index is 4.87. The van der Waals surface area contributed by atoms with Gasteiger partial charge in [0, 0.05) is 12.6 Å². The molecule has 16 heavy (non-hydrogen) atoms. The first-order valence-corrected chi connectivity index (χ1v) is 4.14. The van der Waals surface area contributed by atoms with E-state index in [0.717, 1.165) is 0 Å². The summed E-state index contributed by atoms with van der Waals surface area (Å²) < 4.78 is 72.1. The van der Waals surface area contributed by atoms with E-state index >= 15 is 0 Å². The Hall–Kier alpha value is -0.990. The number of rotatable bonds is 3. The lowest BCUT2D eigenvalue weighted by Crippen LogP contribution is -2.51. The standard InChI is InChI=1S/C7H10F6N2O/c1-3(2-14)15-5(16)4(6(8,9)10)7(11,12)13/h3-4H,2,14H2,1H3,(H,15,16). The molecular weight excluding hydrogens is 242 g/mol. The molecule has 0 saturated heterocycles. The predicted molar refractivity (Wildman–Crippen MR) is 42.3 cm³/mol. The zero-order valence-electron chi connectivity index (χ0n) is 8.12. The van der Waals surface area contributed by atoms with E-state index in [9.17, 15) is 31.1 Å². The molecule has 0 bridgehead atoms. The fourth-order valence-corrected chi connectivity index (χ4v) is 0.868. The molecule has 0 aliphatic rings. The molecule has 1 unspecified atom stereocenters. The molecule has 1 amide bonds. The van der Waals surface area contributed by atoms with Gasteiger partial charge in [0.15, 0.2) is 0 Å². The number of alkyl halides is 6. The van der Waals surface area contributed by atoms with Crippen LogP contribution in [0, 0.1) is 5.92 Å². The number of nitrogens with two attached hydrogens (primary N) is 1. The van der Waals surface area contributed by atoms with Crippen LogP contribution in [0.3, 0.4) is 0 Å². The van der Waals surface area contributed by atoms with Crippen LogP contribution in [0.1, 0.15) is 6.92 Å². The van der Waals surface area contributed by atoms with Crippen molar-refractivity contribution in [1.29, 1.82) is 0 Å². The Morgan fingerprint density at radius 3 is 1.81 bits per heavy atom. The highest BCUT2D eigenvalue weighted by molar-refractivity contribution is 5.80. The van der Waals surface area contributed by atoms with Gasteiger partial charge in [-0.25, -0.2) is 0 Å². The molecule has 0 saturated carbocycles. The van der Waals surface area contributed by atoms with Crippen LogP contribution in [0.15, 0.2) is 0 Å². The zero-order valence-corrected chi connectivity index (χ0v) is 8.12. The number of nitrogens with one attached hydrogen (secondary N) is 1. The fraction of sp³-hybridized carbons (Fsp3) is 0.857. The van der Waals surface area contributed by atoms with E-state index in [1.807, 2.05) is 0 Å². The largest absolute Gasteiger partial charge is 0.409 e. The summed E-state index contributed by atoms with van der Waals surface area (Å²) in [5.41, 5.74) is 4.96. The van der Waals surface area contributed by atoms with Crippen molar-refractivity contribution in [2.75, 3.05) is 6.54 Å². The summed E-state index contributed by atoms with van der Waals surface area (Å²) in [6.07, 6.45) is -11.3. The molecule has 0 heterocycles. The van der Waals surface area contributed by atoms with Crippen LogP contribution in [-0.4, -0.2) is 30.8 Å². The van der Waals surface area contributed by atoms with Crippen molar-refractivity contribution in [2.24, 2.45) is 11.7 Å². The lowest BCUT2D eigenvalue weighted by Gasteiger charge is -2.23. The van der Waals surface area contributed by atoms with Gasteiger partial charge < -0.3 is 11.1 Å². The molecule has 96 valence electrons. The molecule has 0 aliphatic heterocycles. The predicted octanol–water partition coefficient (Wildman–Crippen LogP) is 1.19. The first-order valence-electron chi connectivity index (χ1n) is 4.14. The average Bonchev–Trinajstić information content (AvgIpc) is 1.97. The van der Waals surface area contributed by atoms with E-state index in [4.69, 9.17) is 5.73 Å². The molecule has 0 radical (unpaired) electrons.